The van der Waals surface area contributed by atoms with Crippen LogP contribution in [0, 0.1) is 5.82 Å². The Bertz CT molecular complexity index is 715. The van der Waals surface area contributed by atoms with Gasteiger partial charge in [0.1, 0.15) is 17.2 Å². The lowest BCUT2D eigenvalue weighted by atomic mass is 10.1. The number of aryl methyl sites for hydroxylation is 2. The van der Waals surface area contributed by atoms with Crippen LogP contribution < -0.4 is 4.90 Å². The molecule has 0 atom stereocenters. The lowest BCUT2D eigenvalue weighted by molar-refractivity contribution is 0.0697. The van der Waals surface area contributed by atoms with E-state index in [9.17, 15) is 14.3 Å². The predicted molar refractivity (Wildman–Crippen MR) is 77.7 cm³/mol. The molecule has 1 aliphatic carbocycles. The zero-order valence-electron chi connectivity index (χ0n) is 11.6. The fraction of sp³-hybridized carbons (Fsp3) is 0.250. The van der Waals surface area contributed by atoms with Crippen LogP contribution in [-0.4, -0.2) is 23.1 Å². The number of carbonyl (C=O) groups is 1. The van der Waals surface area contributed by atoms with Crippen LogP contribution in [0.1, 0.15) is 28.0 Å². The number of hydrogen-bond donors (Lipinski definition) is 1. The molecular formula is C16H15FN2O2. The van der Waals surface area contributed by atoms with Crippen LogP contribution in [0.4, 0.5) is 15.9 Å². The lowest BCUT2D eigenvalue weighted by Crippen LogP contribution is -2.17. The third-order valence-electron chi connectivity index (χ3n) is 3.77. The third-order valence-corrected chi connectivity index (χ3v) is 3.77. The van der Waals surface area contributed by atoms with Crippen molar-refractivity contribution in [3.63, 3.8) is 0 Å². The molecule has 0 spiro atoms. The number of aromatic carboxylic acids is 1. The number of anilines is 2. The zero-order valence-corrected chi connectivity index (χ0v) is 11.6. The maximum atomic E-state index is 13.4. The van der Waals surface area contributed by atoms with Crippen molar-refractivity contribution in [2.24, 2.45) is 0 Å². The first kappa shape index (κ1) is 13.5. The fourth-order valence-corrected chi connectivity index (χ4v) is 2.68. The summed E-state index contributed by atoms with van der Waals surface area (Å²) in [7, 11) is 1.70. The van der Waals surface area contributed by atoms with Gasteiger partial charge in [-0.2, -0.15) is 0 Å². The number of carboxylic acids is 1. The molecule has 108 valence electrons. The Hall–Kier alpha value is -2.43. The molecular weight excluding hydrogens is 271 g/mol. The van der Waals surface area contributed by atoms with E-state index in [1.807, 2.05) is 0 Å². The average Bonchev–Trinajstić information content (AvgIpc) is 2.92. The smallest absolute Gasteiger partial charge is 0.339 e. The number of nitrogens with zero attached hydrogens (tertiary/aromatic N) is 2. The van der Waals surface area contributed by atoms with Gasteiger partial charge in [-0.15, -0.1) is 0 Å². The molecule has 5 heteroatoms. The molecule has 1 aliphatic rings. The number of rotatable bonds is 3. The largest absolute Gasteiger partial charge is 0.478 e. The summed E-state index contributed by atoms with van der Waals surface area (Å²) in [5.41, 5.74) is 2.67. The van der Waals surface area contributed by atoms with E-state index >= 15 is 0 Å². The van der Waals surface area contributed by atoms with Crippen molar-refractivity contribution in [1.29, 1.82) is 0 Å². The zero-order chi connectivity index (χ0) is 15.0. The first-order chi connectivity index (χ1) is 10.1. The topological polar surface area (TPSA) is 53.4 Å². The molecule has 1 heterocycles. The van der Waals surface area contributed by atoms with Crippen molar-refractivity contribution < 1.29 is 14.3 Å². The molecule has 2 aromatic rings. The van der Waals surface area contributed by atoms with Gasteiger partial charge in [0, 0.05) is 18.4 Å². The highest BCUT2D eigenvalue weighted by Crippen LogP contribution is 2.30. The van der Waals surface area contributed by atoms with Gasteiger partial charge in [0.25, 0.3) is 0 Å². The van der Waals surface area contributed by atoms with Crippen LogP contribution in [0.5, 0.6) is 0 Å². The summed E-state index contributed by atoms with van der Waals surface area (Å²) in [5.74, 6) is -1.03. The van der Waals surface area contributed by atoms with Gasteiger partial charge in [-0.25, -0.2) is 14.2 Å². The number of pyridine rings is 1. The van der Waals surface area contributed by atoms with Gasteiger partial charge in [-0.05, 0) is 49.1 Å². The van der Waals surface area contributed by atoms with Crippen LogP contribution >= 0.6 is 0 Å². The molecule has 4 nitrogen and oxygen atoms in total. The van der Waals surface area contributed by atoms with Crippen LogP contribution in [0.15, 0.2) is 30.3 Å². The number of benzene rings is 1. The summed E-state index contributed by atoms with van der Waals surface area (Å²) in [6, 6.07) is 7.73. The van der Waals surface area contributed by atoms with E-state index in [0.717, 1.165) is 30.5 Å². The molecule has 21 heavy (non-hydrogen) atoms. The molecule has 3 rings (SSSR count). The summed E-state index contributed by atoms with van der Waals surface area (Å²) < 4.78 is 13.4. The van der Waals surface area contributed by atoms with Gasteiger partial charge in [0.15, 0.2) is 0 Å². The number of fused-ring (bicyclic) bond motifs is 1. The van der Waals surface area contributed by atoms with Crippen molar-refractivity contribution in [1.82, 2.24) is 4.98 Å². The minimum absolute atomic E-state index is 0.155. The predicted octanol–water partition coefficient (Wildman–Crippen LogP) is 3.18. The van der Waals surface area contributed by atoms with E-state index in [4.69, 9.17) is 0 Å². The number of hydrogen-bond acceptors (Lipinski definition) is 3. The Balaban J connectivity index is 2.10. The fourth-order valence-electron chi connectivity index (χ4n) is 2.68. The van der Waals surface area contributed by atoms with Gasteiger partial charge in [0.2, 0.25) is 0 Å². The van der Waals surface area contributed by atoms with E-state index in [2.05, 4.69) is 4.98 Å². The third kappa shape index (κ3) is 2.46. The second-order valence-electron chi connectivity index (χ2n) is 5.16. The molecule has 0 unspecified atom stereocenters. The maximum Gasteiger partial charge on any atom is 0.339 e. The summed E-state index contributed by atoms with van der Waals surface area (Å²) in [4.78, 5) is 17.6. The Morgan fingerprint density at radius 1 is 1.33 bits per heavy atom. The van der Waals surface area contributed by atoms with E-state index < -0.39 is 5.97 Å². The van der Waals surface area contributed by atoms with Crippen molar-refractivity contribution in [2.75, 3.05) is 11.9 Å². The van der Waals surface area contributed by atoms with Gasteiger partial charge < -0.3 is 10.0 Å². The molecule has 0 bridgehead atoms. The molecule has 0 aliphatic heterocycles. The quantitative estimate of drug-likeness (QED) is 0.941. The van der Waals surface area contributed by atoms with Gasteiger partial charge >= 0.3 is 5.97 Å². The van der Waals surface area contributed by atoms with Crippen molar-refractivity contribution in [2.45, 2.75) is 19.3 Å². The second-order valence-corrected chi connectivity index (χ2v) is 5.16. The number of halogens is 1. The number of carboxylic acid groups (broad SMARTS) is 1. The normalized spacial score (nSPS) is 13.0. The molecule has 0 fully saturated rings. The van der Waals surface area contributed by atoms with E-state index in [-0.39, 0.29) is 11.4 Å². The average molecular weight is 286 g/mol. The minimum Gasteiger partial charge on any atom is -0.478 e. The summed E-state index contributed by atoms with van der Waals surface area (Å²) in [6.07, 6.45) is 2.72. The van der Waals surface area contributed by atoms with E-state index in [0.29, 0.717) is 11.5 Å². The Labute approximate surface area is 121 Å². The van der Waals surface area contributed by atoms with Gasteiger partial charge in [-0.1, -0.05) is 6.07 Å². The Kier molecular flexibility index (Phi) is 3.33. The number of aromatic nitrogens is 1. The second kappa shape index (κ2) is 5.16. The summed E-state index contributed by atoms with van der Waals surface area (Å²) in [5, 5.41) is 9.41. The van der Waals surface area contributed by atoms with Crippen LogP contribution in [0.3, 0.4) is 0 Å². The molecule has 0 saturated heterocycles. The van der Waals surface area contributed by atoms with Crippen LogP contribution in [0.25, 0.3) is 0 Å². The van der Waals surface area contributed by atoms with Crippen molar-refractivity contribution >= 4 is 17.5 Å². The molecule has 0 saturated carbocycles. The van der Waals surface area contributed by atoms with Gasteiger partial charge in [-0.3, -0.25) is 0 Å². The monoisotopic (exact) mass is 286 g/mol. The van der Waals surface area contributed by atoms with Crippen LogP contribution in [0.2, 0.25) is 0 Å². The Morgan fingerprint density at radius 2 is 2.14 bits per heavy atom. The summed E-state index contributed by atoms with van der Waals surface area (Å²) in [6.45, 7) is 0. The minimum atomic E-state index is -1.02. The van der Waals surface area contributed by atoms with E-state index in [1.165, 1.54) is 12.1 Å². The highest BCUT2D eigenvalue weighted by Gasteiger charge is 2.22. The maximum absolute atomic E-state index is 13.4. The van der Waals surface area contributed by atoms with Crippen LogP contribution in [-0.2, 0) is 12.8 Å². The lowest BCUT2D eigenvalue weighted by Gasteiger charge is -2.21. The standard InChI is InChI=1S/C16H15FN2O2/c1-19(12-6-3-5-11(17)9-12)15-13(16(20)21)8-10-4-2-7-14(10)18-15/h3,5-6,8-9H,2,4,7H2,1H3,(H,20,21). The highest BCUT2D eigenvalue weighted by molar-refractivity contribution is 5.94. The first-order valence-corrected chi connectivity index (χ1v) is 6.81. The van der Waals surface area contributed by atoms with E-state index in [1.54, 1.807) is 30.1 Å². The first-order valence-electron chi connectivity index (χ1n) is 6.81. The molecule has 0 radical (unpaired) electrons. The molecule has 1 aromatic heterocycles. The summed E-state index contributed by atoms with van der Waals surface area (Å²) >= 11 is 0. The van der Waals surface area contributed by atoms with Crippen molar-refractivity contribution in [3.05, 3.63) is 53.0 Å². The molecule has 0 amide bonds. The molecule has 1 aromatic carbocycles. The SMILES string of the molecule is CN(c1cccc(F)c1)c1nc2c(cc1C(=O)O)CCC2. The Morgan fingerprint density at radius 3 is 2.86 bits per heavy atom. The molecule has 1 N–H and O–H groups in total. The van der Waals surface area contributed by atoms with Crippen molar-refractivity contribution in [3.8, 4) is 0 Å². The van der Waals surface area contributed by atoms with Gasteiger partial charge in [0.05, 0.1) is 0 Å². The highest BCUT2D eigenvalue weighted by atomic mass is 19.1.